The first-order chi connectivity index (χ1) is 15.6. The van der Waals surface area contributed by atoms with Crippen LogP contribution in [0.2, 0.25) is 0 Å². The zero-order valence-electron chi connectivity index (χ0n) is 19.6. The Hall–Kier alpha value is -2.36. The first-order valence-corrected chi connectivity index (χ1v) is 11.6. The first-order valence-electron chi connectivity index (χ1n) is 11.6. The molecule has 4 rings (SSSR count). The lowest BCUT2D eigenvalue weighted by Crippen LogP contribution is -2.48. The summed E-state index contributed by atoms with van der Waals surface area (Å²) in [6.45, 7) is 6.32. The highest BCUT2D eigenvalue weighted by Crippen LogP contribution is 2.18. The fourth-order valence-electron chi connectivity index (χ4n) is 4.40. The molecule has 178 valence electrons. The van der Waals surface area contributed by atoms with Crippen molar-refractivity contribution in [1.29, 1.82) is 0 Å². The van der Waals surface area contributed by atoms with E-state index < -0.39 is 0 Å². The number of nitrogens with one attached hydrogen (secondary N) is 2. The Balaban J connectivity index is 0.00000306. The van der Waals surface area contributed by atoms with E-state index in [2.05, 4.69) is 68.8 Å². The van der Waals surface area contributed by atoms with Crippen LogP contribution in [0.4, 0.5) is 5.82 Å². The van der Waals surface area contributed by atoms with Crippen LogP contribution >= 0.6 is 24.0 Å². The molecule has 1 amide bonds. The van der Waals surface area contributed by atoms with Crippen LogP contribution in [0.3, 0.4) is 0 Å². The van der Waals surface area contributed by atoms with Crippen molar-refractivity contribution in [3.05, 3.63) is 59.3 Å². The number of aryl methyl sites for hydroxylation is 1. The van der Waals surface area contributed by atoms with Crippen LogP contribution in [0.15, 0.2) is 47.6 Å². The number of piperidine rings is 1. The Labute approximate surface area is 214 Å². The van der Waals surface area contributed by atoms with Crippen molar-refractivity contribution in [1.82, 2.24) is 20.5 Å². The molecule has 2 saturated heterocycles. The molecule has 0 unspecified atom stereocenters. The quantitative estimate of drug-likeness (QED) is 0.321. The second kappa shape index (κ2) is 12.2. The third-order valence-corrected chi connectivity index (χ3v) is 6.28. The fourth-order valence-corrected chi connectivity index (χ4v) is 4.40. The Morgan fingerprint density at radius 1 is 1.15 bits per heavy atom. The van der Waals surface area contributed by atoms with Gasteiger partial charge in [0.1, 0.15) is 5.82 Å². The minimum Gasteiger partial charge on any atom is -0.356 e. The van der Waals surface area contributed by atoms with Crippen LogP contribution in [0.5, 0.6) is 0 Å². The van der Waals surface area contributed by atoms with Crippen LogP contribution in [0, 0.1) is 6.92 Å². The minimum atomic E-state index is 0. The number of nitrogens with zero attached hydrogens (tertiary/aromatic N) is 4. The van der Waals surface area contributed by atoms with Crippen molar-refractivity contribution in [2.75, 3.05) is 31.6 Å². The largest absolute Gasteiger partial charge is 0.356 e. The van der Waals surface area contributed by atoms with E-state index in [4.69, 9.17) is 0 Å². The van der Waals surface area contributed by atoms with E-state index in [0.29, 0.717) is 25.6 Å². The lowest BCUT2D eigenvalue weighted by atomic mass is 10.1. The van der Waals surface area contributed by atoms with Crippen LogP contribution in [-0.2, 0) is 17.9 Å². The number of benzene rings is 1. The van der Waals surface area contributed by atoms with E-state index in [1.807, 2.05) is 18.1 Å². The lowest BCUT2D eigenvalue weighted by Gasteiger charge is -2.33. The number of rotatable bonds is 6. The maximum Gasteiger partial charge on any atom is 0.222 e. The van der Waals surface area contributed by atoms with Crippen LogP contribution in [-0.4, -0.2) is 54.5 Å². The number of amides is 1. The SMILES string of the molecule is CN=C(NCc1cccc(CN2CCCC2=O)c1)NC1CCN(c2ccc(C)cn2)CC1.I. The minimum absolute atomic E-state index is 0. The van der Waals surface area contributed by atoms with Gasteiger partial charge in [0.2, 0.25) is 5.91 Å². The summed E-state index contributed by atoms with van der Waals surface area (Å²) in [5.74, 6) is 2.16. The van der Waals surface area contributed by atoms with Gasteiger partial charge in [-0.3, -0.25) is 9.79 Å². The van der Waals surface area contributed by atoms with E-state index in [0.717, 1.165) is 50.7 Å². The molecule has 2 aliphatic rings. The number of carbonyl (C=O) groups excluding carboxylic acids is 1. The van der Waals surface area contributed by atoms with Crippen molar-refractivity contribution < 1.29 is 4.79 Å². The van der Waals surface area contributed by atoms with Crippen LogP contribution in [0.1, 0.15) is 42.4 Å². The molecule has 2 fully saturated rings. The van der Waals surface area contributed by atoms with E-state index in [1.165, 1.54) is 16.7 Å². The third-order valence-electron chi connectivity index (χ3n) is 6.28. The Kier molecular flexibility index (Phi) is 9.34. The molecule has 2 N–H and O–H groups in total. The maximum absolute atomic E-state index is 11.9. The number of likely N-dealkylation sites (tertiary alicyclic amines) is 1. The molecule has 0 atom stereocenters. The number of hydrogen-bond donors (Lipinski definition) is 2. The van der Waals surface area contributed by atoms with Gasteiger partial charge >= 0.3 is 0 Å². The molecule has 8 heteroatoms. The van der Waals surface area contributed by atoms with Crippen LogP contribution < -0.4 is 15.5 Å². The van der Waals surface area contributed by atoms with Crippen molar-refractivity contribution in [2.24, 2.45) is 4.99 Å². The molecule has 7 nitrogen and oxygen atoms in total. The number of pyridine rings is 1. The van der Waals surface area contributed by atoms with Gasteiger partial charge in [0.25, 0.3) is 0 Å². The highest BCUT2D eigenvalue weighted by molar-refractivity contribution is 14.0. The highest BCUT2D eigenvalue weighted by atomic mass is 127. The fraction of sp³-hybridized carbons (Fsp3) is 0.480. The third kappa shape index (κ3) is 7.06. The van der Waals surface area contributed by atoms with Crippen molar-refractivity contribution in [3.63, 3.8) is 0 Å². The summed E-state index contributed by atoms with van der Waals surface area (Å²) >= 11 is 0. The van der Waals surface area contributed by atoms with Gasteiger partial charge in [0.05, 0.1) is 0 Å². The monoisotopic (exact) mass is 562 g/mol. The second-order valence-corrected chi connectivity index (χ2v) is 8.76. The summed E-state index contributed by atoms with van der Waals surface area (Å²) in [5, 5.41) is 7.02. The topological polar surface area (TPSA) is 72.9 Å². The molecule has 0 aliphatic carbocycles. The predicted octanol–water partition coefficient (Wildman–Crippen LogP) is 3.46. The lowest BCUT2D eigenvalue weighted by molar-refractivity contribution is -0.128. The predicted molar refractivity (Wildman–Crippen MR) is 144 cm³/mol. The van der Waals surface area contributed by atoms with E-state index in [9.17, 15) is 4.79 Å². The molecule has 0 saturated carbocycles. The van der Waals surface area contributed by atoms with Gasteiger partial charge in [-0.05, 0) is 48.9 Å². The number of aromatic nitrogens is 1. The molecule has 0 spiro atoms. The summed E-state index contributed by atoms with van der Waals surface area (Å²) < 4.78 is 0. The average molecular weight is 563 g/mol. The molecule has 33 heavy (non-hydrogen) atoms. The van der Waals surface area contributed by atoms with Gasteiger partial charge in [-0.2, -0.15) is 0 Å². The summed E-state index contributed by atoms with van der Waals surface area (Å²) in [6, 6.07) is 13.1. The van der Waals surface area contributed by atoms with E-state index in [1.54, 1.807) is 0 Å². The Morgan fingerprint density at radius 3 is 2.61 bits per heavy atom. The molecular formula is C25H35IN6O. The number of hydrogen-bond acceptors (Lipinski definition) is 4. The summed E-state index contributed by atoms with van der Waals surface area (Å²) in [5.41, 5.74) is 3.56. The standard InChI is InChI=1S/C25H34N6O.HI/c1-19-8-9-23(27-16-19)30-13-10-22(11-14-30)29-25(26-2)28-17-20-5-3-6-21(15-20)18-31-12-4-7-24(31)32;/h3,5-6,8-9,15-16,22H,4,7,10-14,17-18H2,1-2H3,(H2,26,28,29);1H. The first kappa shape index (κ1) is 25.3. The molecule has 3 heterocycles. The second-order valence-electron chi connectivity index (χ2n) is 8.76. The number of guanidine groups is 1. The summed E-state index contributed by atoms with van der Waals surface area (Å²) in [4.78, 5) is 25.2. The van der Waals surface area contributed by atoms with Gasteiger partial charge in [-0.25, -0.2) is 4.98 Å². The van der Waals surface area contributed by atoms with Crippen molar-refractivity contribution >= 4 is 41.7 Å². The molecule has 2 aromatic rings. The molecular weight excluding hydrogens is 527 g/mol. The molecule has 0 radical (unpaired) electrons. The van der Waals surface area contributed by atoms with Gasteiger partial charge in [0, 0.05) is 58.4 Å². The van der Waals surface area contributed by atoms with E-state index >= 15 is 0 Å². The van der Waals surface area contributed by atoms with Gasteiger partial charge in [-0.1, -0.05) is 30.3 Å². The van der Waals surface area contributed by atoms with Crippen LogP contribution in [0.25, 0.3) is 0 Å². The molecule has 0 bridgehead atoms. The van der Waals surface area contributed by atoms with Gasteiger partial charge in [-0.15, -0.1) is 24.0 Å². The number of carbonyl (C=O) groups is 1. The van der Waals surface area contributed by atoms with Gasteiger partial charge in [0.15, 0.2) is 5.96 Å². The molecule has 1 aromatic heterocycles. The number of aliphatic imine (C=N–C) groups is 1. The number of anilines is 1. The zero-order valence-corrected chi connectivity index (χ0v) is 21.9. The Morgan fingerprint density at radius 2 is 1.94 bits per heavy atom. The van der Waals surface area contributed by atoms with Crippen molar-refractivity contribution in [3.8, 4) is 0 Å². The van der Waals surface area contributed by atoms with E-state index in [-0.39, 0.29) is 29.9 Å². The highest BCUT2D eigenvalue weighted by Gasteiger charge is 2.21. The van der Waals surface area contributed by atoms with Gasteiger partial charge < -0.3 is 20.4 Å². The number of halogens is 1. The average Bonchev–Trinajstić information content (AvgIpc) is 3.22. The summed E-state index contributed by atoms with van der Waals surface area (Å²) in [6.07, 6.45) is 5.70. The normalized spacial score (nSPS) is 17.2. The Bertz CT molecular complexity index is 940. The molecule has 1 aromatic carbocycles. The smallest absolute Gasteiger partial charge is 0.222 e. The van der Waals surface area contributed by atoms with Crippen molar-refractivity contribution in [2.45, 2.75) is 51.7 Å². The maximum atomic E-state index is 11.9. The zero-order chi connectivity index (χ0) is 22.3. The summed E-state index contributed by atoms with van der Waals surface area (Å²) in [7, 11) is 1.82. The molecule has 2 aliphatic heterocycles.